The predicted molar refractivity (Wildman–Crippen MR) is 123 cm³/mol. The molecule has 2 heterocycles. The Labute approximate surface area is 192 Å². The Balaban J connectivity index is 1.39. The van der Waals surface area contributed by atoms with E-state index in [2.05, 4.69) is 5.32 Å². The summed E-state index contributed by atoms with van der Waals surface area (Å²) < 4.78 is 10.8. The molecule has 5 rings (SSSR count). The maximum atomic E-state index is 12.7. The number of hydrogen-bond donors (Lipinski definition) is 1. The van der Waals surface area contributed by atoms with E-state index in [1.807, 2.05) is 12.1 Å². The van der Waals surface area contributed by atoms with E-state index in [1.54, 1.807) is 35.2 Å². The van der Waals surface area contributed by atoms with Crippen molar-refractivity contribution in [1.82, 2.24) is 0 Å². The maximum Gasteiger partial charge on any atom is 0.270 e. The van der Waals surface area contributed by atoms with Crippen LogP contribution >= 0.6 is 11.8 Å². The SMILES string of the molecule is O=C(Nc1cccc([C@@H]2SCC(=O)N2c2ccc3c(c2)OCO3)c1)c1cccc([N+](=O)[O-])c1. The van der Waals surface area contributed by atoms with Crippen LogP contribution in [0.4, 0.5) is 17.1 Å². The number of anilines is 2. The second kappa shape index (κ2) is 8.47. The summed E-state index contributed by atoms with van der Waals surface area (Å²) >= 11 is 1.49. The standard InChI is InChI=1S/C23H17N3O6S/c27-21-12-33-23(25(21)17-7-8-19-20(11-17)32-13-31-19)15-4-1-5-16(9-15)24-22(28)14-3-2-6-18(10-14)26(29)30/h1-11,23H,12-13H2,(H,24,28)/t23-/m0/s1. The molecule has 33 heavy (non-hydrogen) atoms. The van der Waals surface area contributed by atoms with Crippen molar-refractivity contribution >= 4 is 40.6 Å². The van der Waals surface area contributed by atoms with Crippen molar-refractivity contribution in [3.63, 3.8) is 0 Å². The van der Waals surface area contributed by atoms with Crippen LogP contribution in [0.5, 0.6) is 11.5 Å². The normalized spacial score (nSPS) is 16.7. The number of nitrogens with one attached hydrogen (secondary N) is 1. The van der Waals surface area contributed by atoms with Crippen LogP contribution in [0.1, 0.15) is 21.3 Å². The molecule has 2 amide bonds. The Morgan fingerprint density at radius 2 is 1.88 bits per heavy atom. The number of thioether (sulfide) groups is 1. The lowest BCUT2D eigenvalue weighted by molar-refractivity contribution is -0.384. The number of amides is 2. The zero-order valence-corrected chi connectivity index (χ0v) is 17.9. The van der Waals surface area contributed by atoms with Crippen LogP contribution in [0, 0.1) is 10.1 Å². The third-order valence-electron chi connectivity index (χ3n) is 5.25. The van der Waals surface area contributed by atoms with Crippen LogP contribution in [-0.2, 0) is 4.79 Å². The van der Waals surface area contributed by atoms with E-state index in [1.165, 1.54) is 36.0 Å². The lowest BCUT2D eigenvalue weighted by Gasteiger charge is -2.25. The Morgan fingerprint density at radius 1 is 1.06 bits per heavy atom. The summed E-state index contributed by atoms with van der Waals surface area (Å²) in [5.74, 6) is 1.06. The van der Waals surface area contributed by atoms with Gasteiger partial charge >= 0.3 is 0 Å². The molecule has 0 aromatic heterocycles. The summed E-state index contributed by atoms with van der Waals surface area (Å²) in [4.78, 5) is 37.5. The van der Waals surface area contributed by atoms with Gasteiger partial charge in [0.25, 0.3) is 11.6 Å². The molecular weight excluding hydrogens is 446 g/mol. The van der Waals surface area contributed by atoms with Gasteiger partial charge in [0.2, 0.25) is 12.7 Å². The number of nitrogens with zero attached hydrogens (tertiary/aromatic N) is 2. The van der Waals surface area contributed by atoms with Crippen LogP contribution in [0.2, 0.25) is 0 Å². The van der Waals surface area contributed by atoms with E-state index >= 15 is 0 Å². The quantitative estimate of drug-likeness (QED) is 0.442. The fraction of sp³-hybridized carbons (Fsp3) is 0.130. The Morgan fingerprint density at radius 3 is 2.73 bits per heavy atom. The average molecular weight is 463 g/mol. The van der Waals surface area contributed by atoms with E-state index in [4.69, 9.17) is 9.47 Å². The summed E-state index contributed by atoms with van der Waals surface area (Å²) in [6.45, 7) is 0.150. The smallest absolute Gasteiger partial charge is 0.270 e. The van der Waals surface area contributed by atoms with Crippen molar-refractivity contribution in [2.24, 2.45) is 0 Å². The van der Waals surface area contributed by atoms with Crippen molar-refractivity contribution in [3.05, 3.63) is 88.0 Å². The molecule has 1 N–H and O–H groups in total. The number of non-ortho nitro benzene ring substituents is 1. The molecule has 0 spiro atoms. The third kappa shape index (κ3) is 4.08. The van der Waals surface area contributed by atoms with Crippen molar-refractivity contribution in [1.29, 1.82) is 0 Å². The molecule has 2 aliphatic rings. The first-order valence-electron chi connectivity index (χ1n) is 9.99. The maximum absolute atomic E-state index is 12.7. The second-order valence-corrected chi connectivity index (χ2v) is 8.42. The average Bonchev–Trinajstić information content (AvgIpc) is 3.45. The summed E-state index contributed by atoms with van der Waals surface area (Å²) in [5, 5.41) is 13.5. The number of nitro groups is 1. The first kappa shape index (κ1) is 20.8. The molecule has 9 nitrogen and oxygen atoms in total. The third-order valence-corrected chi connectivity index (χ3v) is 6.46. The minimum Gasteiger partial charge on any atom is -0.454 e. The molecule has 1 fully saturated rings. The predicted octanol–water partition coefficient (Wildman–Crippen LogP) is 4.35. The number of hydrogen-bond acceptors (Lipinski definition) is 7. The van der Waals surface area contributed by atoms with E-state index < -0.39 is 10.8 Å². The van der Waals surface area contributed by atoms with Crippen LogP contribution in [0.25, 0.3) is 0 Å². The highest BCUT2D eigenvalue weighted by Crippen LogP contribution is 2.45. The zero-order valence-electron chi connectivity index (χ0n) is 17.1. The van der Waals surface area contributed by atoms with Crippen molar-refractivity contribution < 1.29 is 24.0 Å². The van der Waals surface area contributed by atoms with Gasteiger partial charge < -0.3 is 14.8 Å². The number of carbonyl (C=O) groups excluding carboxylic acids is 2. The van der Waals surface area contributed by atoms with Crippen LogP contribution in [-0.4, -0.2) is 29.3 Å². The van der Waals surface area contributed by atoms with E-state index in [0.717, 1.165) is 5.56 Å². The Hall–Kier alpha value is -4.05. The van der Waals surface area contributed by atoms with Gasteiger partial charge in [-0.1, -0.05) is 18.2 Å². The Kier molecular flexibility index (Phi) is 5.35. The summed E-state index contributed by atoms with van der Waals surface area (Å²) in [7, 11) is 0. The number of ether oxygens (including phenoxy) is 2. The van der Waals surface area contributed by atoms with Gasteiger partial charge in [-0.05, 0) is 35.9 Å². The molecule has 1 atom stereocenters. The molecule has 0 bridgehead atoms. The van der Waals surface area contributed by atoms with E-state index in [9.17, 15) is 19.7 Å². The highest BCUT2D eigenvalue weighted by atomic mass is 32.2. The number of nitro benzene ring substituents is 1. The highest BCUT2D eigenvalue weighted by molar-refractivity contribution is 8.00. The minimum absolute atomic E-state index is 0.0325. The van der Waals surface area contributed by atoms with Gasteiger partial charge in [-0.3, -0.25) is 24.6 Å². The van der Waals surface area contributed by atoms with Gasteiger partial charge in [0.1, 0.15) is 5.37 Å². The minimum atomic E-state index is -0.545. The highest BCUT2D eigenvalue weighted by Gasteiger charge is 2.35. The number of fused-ring (bicyclic) bond motifs is 1. The first-order chi connectivity index (χ1) is 16.0. The first-order valence-corrected chi connectivity index (χ1v) is 11.0. The zero-order chi connectivity index (χ0) is 22.9. The molecule has 166 valence electrons. The molecule has 1 saturated heterocycles. The lowest BCUT2D eigenvalue weighted by atomic mass is 10.1. The van der Waals surface area contributed by atoms with E-state index in [-0.39, 0.29) is 29.3 Å². The number of carbonyl (C=O) groups is 2. The largest absolute Gasteiger partial charge is 0.454 e. The van der Waals surface area contributed by atoms with Crippen LogP contribution in [0.15, 0.2) is 66.7 Å². The van der Waals surface area contributed by atoms with Crippen LogP contribution < -0.4 is 19.7 Å². The molecule has 0 unspecified atom stereocenters. The lowest BCUT2D eigenvalue weighted by Crippen LogP contribution is -2.27. The number of benzene rings is 3. The molecular formula is C23H17N3O6S. The fourth-order valence-corrected chi connectivity index (χ4v) is 4.89. The van der Waals surface area contributed by atoms with Gasteiger partial charge in [-0.25, -0.2) is 0 Å². The molecule has 10 heteroatoms. The fourth-order valence-electron chi connectivity index (χ4n) is 3.72. The van der Waals surface area contributed by atoms with Gasteiger partial charge in [0, 0.05) is 35.1 Å². The van der Waals surface area contributed by atoms with Crippen molar-refractivity contribution in [3.8, 4) is 11.5 Å². The molecule has 3 aromatic rings. The van der Waals surface area contributed by atoms with Crippen LogP contribution in [0.3, 0.4) is 0 Å². The van der Waals surface area contributed by atoms with Gasteiger partial charge in [-0.2, -0.15) is 0 Å². The summed E-state index contributed by atoms with van der Waals surface area (Å²) in [6.07, 6.45) is 0. The topological polar surface area (TPSA) is 111 Å². The molecule has 2 aliphatic heterocycles. The molecule has 0 aliphatic carbocycles. The van der Waals surface area contributed by atoms with Crippen molar-refractivity contribution in [2.45, 2.75) is 5.37 Å². The summed E-state index contributed by atoms with van der Waals surface area (Å²) in [6, 6.07) is 18.1. The molecule has 0 radical (unpaired) electrons. The molecule has 0 saturated carbocycles. The van der Waals surface area contributed by atoms with Gasteiger partial charge in [0.15, 0.2) is 11.5 Å². The number of rotatable bonds is 5. The Bertz CT molecular complexity index is 1280. The second-order valence-electron chi connectivity index (χ2n) is 7.35. The summed E-state index contributed by atoms with van der Waals surface area (Å²) in [5.41, 5.74) is 2.08. The van der Waals surface area contributed by atoms with Gasteiger partial charge in [0.05, 0.1) is 10.7 Å². The monoisotopic (exact) mass is 463 g/mol. The van der Waals surface area contributed by atoms with Gasteiger partial charge in [-0.15, -0.1) is 11.8 Å². The molecule has 3 aromatic carbocycles. The van der Waals surface area contributed by atoms with E-state index in [0.29, 0.717) is 28.6 Å². The van der Waals surface area contributed by atoms with Crippen molar-refractivity contribution in [2.75, 3.05) is 22.8 Å².